The molecule has 17 nitrogen and oxygen atoms in total. The zero-order valence-corrected chi connectivity index (χ0v) is 64.3. The van der Waals surface area contributed by atoms with Crippen LogP contribution in [-0.2, 0) is 50.6 Å². The van der Waals surface area contributed by atoms with Crippen molar-refractivity contribution >= 4 is 50.6 Å². The van der Waals surface area contributed by atoms with Gasteiger partial charge in [0, 0.05) is 0 Å². The fourth-order valence-corrected chi connectivity index (χ4v) is 27.7. The van der Waals surface area contributed by atoms with Gasteiger partial charge in [-0.1, -0.05) is 72.8 Å². The van der Waals surface area contributed by atoms with Crippen LogP contribution in [0, 0.1) is 104 Å². The molecule has 0 aliphatic heterocycles. The second-order valence-electron chi connectivity index (χ2n) is 28.0. The molecule has 9 fully saturated rings. The predicted molar refractivity (Wildman–Crippen MR) is 278 cm³/mol. The third-order valence-electron chi connectivity index (χ3n) is 25.0. The van der Waals surface area contributed by atoms with E-state index in [1.54, 1.807) is 6.92 Å². The quantitative estimate of drug-likeness (QED) is 0.0983. The number of rotatable bonds is 13. The molecule has 0 amide bonds. The molecule has 0 aromatic heterocycles. The summed E-state index contributed by atoms with van der Waals surface area (Å²) in [4.78, 5) is 0. The van der Waals surface area contributed by atoms with E-state index >= 15 is 0 Å². The van der Waals surface area contributed by atoms with Crippen molar-refractivity contribution in [1.82, 2.24) is 0 Å². The normalized spacial score (nSPS) is 46.1. The van der Waals surface area contributed by atoms with Crippen molar-refractivity contribution in [1.29, 1.82) is 0 Å². The van der Waals surface area contributed by atoms with Crippen LogP contribution in [-0.4, -0.2) is 114 Å². The maximum absolute atomic E-state index is 13.1. The Labute approximate surface area is 595 Å². The van der Waals surface area contributed by atoms with Crippen LogP contribution in [0.4, 0.5) is 0 Å². The molecule has 5 unspecified atom stereocenters. The van der Waals surface area contributed by atoms with E-state index in [0.717, 1.165) is 69.8 Å². The first-order valence-corrected chi connectivity index (χ1v) is 35.5. The molecule has 27 heteroatoms. The zero-order chi connectivity index (χ0) is 56.3. The summed E-state index contributed by atoms with van der Waals surface area (Å²) >= 11 is 0. The van der Waals surface area contributed by atoms with E-state index in [1.165, 1.54) is 0 Å². The van der Waals surface area contributed by atoms with E-state index in [9.17, 15) is 75.1 Å². The maximum atomic E-state index is 13.1. The maximum Gasteiger partial charge on any atom is 1.00 e. The average molecular weight is 1280 g/mol. The van der Waals surface area contributed by atoms with E-state index in [-0.39, 0.29) is 255 Å². The molecule has 436 valence electrons. The summed E-state index contributed by atoms with van der Waals surface area (Å²) in [5.41, 5.74) is -1.78. The van der Waals surface area contributed by atoms with Gasteiger partial charge in [0.1, 0.15) is 10.1 Å². The molecule has 2 N–H and O–H groups in total. The molecular formula is C54H83Na5O17S5. The third-order valence-corrected chi connectivity index (χ3v) is 31.4. The van der Waals surface area contributed by atoms with Crippen LogP contribution < -0.4 is 148 Å². The number of allylic oxidation sites excluding steroid dienone is 2. The van der Waals surface area contributed by atoms with Gasteiger partial charge in [0.05, 0.1) is 78.9 Å². The molecule has 9 rings (SSSR count). The van der Waals surface area contributed by atoms with Gasteiger partial charge in [-0.05, 0) is 220 Å². The Morgan fingerprint density at radius 3 is 1.40 bits per heavy atom. The summed E-state index contributed by atoms with van der Waals surface area (Å²) in [6.45, 7) is 19.1. The summed E-state index contributed by atoms with van der Waals surface area (Å²) < 4.78 is 190. The Kier molecular flexibility index (Phi) is 25.6. The van der Waals surface area contributed by atoms with E-state index in [1.807, 2.05) is 13.0 Å². The minimum Gasteiger partial charge on any atom is -0.748 e. The Morgan fingerprint density at radius 2 is 0.938 bits per heavy atom. The molecule has 0 bridgehead atoms. The standard InChI is InChI=1S/C54H88O17S5.5Na/c1-29(35-11-13-37-32-24-46(73(60,61)62)42-26-47(74(63,64)65)49(76(69,70)71)28-54(42,8)40(32)16-21-51(35,37)5)9-10-34-30(2)15-19-50(34,4)20-18-43(55)31(3)36-12-14-38-33-23-45(72(57,58)59)41-25-44(56)48(75(66,67)68)27-53(41,7)39(33)17-22-52(36,38)6;;;;;/h18,20,29,31-49,55-56H,2,9-17,19,21-28H2,1,3-8H3,(H,57,58,59)(H,60,61,62)(H,63,64,65)(H,66,67,68)(H,69,70,71);;;;;/q;5*+1/p-5/b20-18+;;;;;/t29-,31+,32+,33+,34?,35-,36-,37+,38+,39+,40+,41?,42?,43?,44-,45+,46+,47-,48+,49+,50?,51-,52-,53-,54-;;;;;/m1...../s1. The first-order valence-electron chi connectivity index (χ1n) is 28.2. The van der Waals surface area contributed by atoms with Gasteiger partial charge in [0.2, 0.25) is 0 Å². The van der Waals surface area contributed by atoms with Gasteiger partial charge in [-0.15, -0.1) is 0 Å². The molecule has 0 saturated heterocycles. The van der Waals surface area contributed by atoms with Crippen molar-refractivity contribution in [2.45, 2.75) is 202 Å². The molecule has 0 heterocycles. The van der Waals surface area contributed by atoms with E-state index in [2.05, 4.69) is 47.3 Å². The van der Waals surface area contributed by atoms with Gasteiger partial charge in [-0.3, -0.25) is 0 Å². The summed E-state index contributed by atoms with van der Waals surface area (Å²) in [6, 6.07) is 0. The van der Waals surface area contributed by atoms with Crippen LogP contribution in [0.25, 0.3) is 0 Å². The molecule has 9 saturated carbocycles. The molecular weight excluding hydrogens is 1200 g/mol. The Balaban J connectivity index is 0.00000282. The van der Waals surface area contributed by atoms with Crippen LogP contribution >= 0.6 is 0 Å². The van der Waals surface area contributed by atoms with Crippen LogP contribution in [0.2, 0.25) is 0 Å². The van der Waals surface area contributed by atoms with Gasteiger partial charge < -0.3 is 33.0 Å². The summed E-state index contributed by atoms with van der Waals surface area (Å²) in [5.74, 6) is -2.18. The average Bonchev–Trinajstić information content (AvgIpc) is 3.93. The van der Waals surface area contributed by atoms with Crippen molar-refractivity contribution in [2.24, 2.45) is 104 Å². The number of aliphatic hydroxyl groups excluding tert-OH is 2. The van der Waals surface area contributed by atoms with Crippen molar-refractivity contribution in [2.75, 3.05) is 0 Å². The topological polar surface area (TPSA) is 326 Å². The summed E-state index contributed by atoms with van der Waals surface area (Å²) in [6.07, 6.45) is 9.72. The second-order valence-corrected chi connectivity index (χ2v) is 35.9. The largest absolute Gasteiger partial charge is 1.00 e. The number of fused-ring (bicyclic) bond motifs is 10. The first-order chi connectivity index (χ1) is 34.7. The monoisotopic (exact) mass is 1280 g/mol. The Hall–Kier alpha value is 3.95. The van der Waals surface area contributed by atoms with E-state index in [4.69, 9.17) is 0 Å². The molecule has 0 spiro atoms. The predicted octanol–water partition coefficient (Wildman–Crippen LogP) is -8.36. The van der Waals surface area contributed by atoms with Gasteiger partial charge >= 0.3 is 148 Å². The minimum absolute atomic E-state index is 0. The van der Waals surface area contributed by atoms with Crippen LogP contribution in [0.5, 0.6) is 0 Å². The van der Waals surface area contributed by atoms with Crippen molar-refractivity contribution in [3.05, 3.63) is 24.3 Å². The molecule has 0 aromatic carbocycles. The first kappa shape index (κ1) is 77.4. The van der Waals surface area contributed by atoms with Crippen molar-refractivity contribution in [3.8, 4) is 0 Å². The number of aliphatic hydroxyl groups is 2. The minimum atomic E-state index is -5.32. The molecule has 0 aromatic rings. The van der Waals surface area contributed by atoms with Crippen molar-refractivity contribution in [3.63, 3.8) is 0 Å². The third kappa shape index (κ3) is 14.0. The number of hydrogen-bond acceptors (Lipinski definition) is 17. The van der Waals surface area contributed by atoms with E-state index < -0.39 is 125 Å². The zero-order valence-electron chi connectivity index (χ0n) is 50.2. The second kappa shape index (κ2) is 26.7. The fraction of sp³-hybridized carbons (Fsp3) is 0.926. The van der Waals surface area contributed by atoms with Gasteiger partial charge in [0.15, 0.2) is 0 Å². The van der Waals surface area contributed by atoms with Crippen LogP contribution in [0.1, 0.15) is 164 Å². The fourth-order valence-electron chi connectivity index (χ4n) is 21.3. The SMILES string of the molecule is C=C1CCC(C)(/C=C/C(O)[C@@H](C)[C@H]2CC[C@H]3[C@@H]4C[C@H](S(=O)(=O)[O-])C5C[C@@H](O)[C@@H](S(=O)(=O)[O-])C[C@]5(C)[C@H]4CC[C@]23C)C1CC[C@@H](C)[C@H]1CC[C@H]2[C@@H]3C[C@H](S(=O)(=O)[O-])C4C[C@@H](S(=O)(=O)[O-])[C@@H](S(=O)(=O)[O-])C[C@]4(C)[C@H]3CC[C@]12C.[Na+].[Na+].[Na+].[Na+].[Na+]. The van der Waals surface area contributed by atoms with Crippen molar-refractivity contribution < 1.29 is 223 Å². The van der Waals surface area contributed by atoms with Gasteiger partial charge in [-0.2, -0.15) is 0 Å². The Morgan fingerprint density at radius 1 is 0.531 bits per heavy atom. The van der Waals surface area contributed by atoms with Crippen LogP contribution in [0.15, 0.2) is 24.3 Å². The number of hydrogen-bond donors (Lipinski definition) is 2. The van der Waals surface area contributed by atoms with E-state index in [0.29, 0.717) is 12.8 Å². The molecule has 25 atom stereocenters. The van der Waals surface area contributed by atoms with Gasteiger partial charge in [0.25, 0.3) is 0 Å². The molecule has 81 heavy (non-hydrogen) atoms. The van der Waals surface area contributed by atoms with Crippen LogP contribution in [0.3, 0.4) is 0 Å². The molecule has 9 aliphatic rings. The molecule has 0 radical (unpaired) electrons. The molecule has 9 aliphatic carbocycles. The Bertz CT molecular complexity index is 2920. The summed E-state index contributed by atoms with van der Waals surface area (Å²) in [5, 5.41) is 14.3. The smallest absolute Gasteiger partial charge is 0.748 e. The summed E-state index contributed by atoms with van der Waals surface area (Å²) in [7, 11) is -25.4. The van der Waals surface area contributed by atoms with Gasteiger partial charge in [-0.25, -0.2) is 42.1 Å².